The summed E-state index contributed by atoms with van der Waals surface area (Å²) in [5.41, 5.74) is 1.49. The molecule has 4 aromatic heterocycles. The highest BCUT2D eigenvalue weighted by atomic mass is 16.6. The van der Waals surface area contributed by atoms with Gasteiger partial charge in [0.15, 0.2) is 11.5 Å². The number of benzene rings is 1. The molecule has 0 aliphatic carbocycles. The number of hydrogen-bond donors (Lipinski definition) is 1. The molecule has 0 spiro atoms. The standard InChI is InChI=1S/C23H17N5O4/c29-22-15-12-16-18(5-8-28(23(16)30)21-3-6-24-26-21)25-17(15)4-7-27(22)13-14-1-2-19-20(11-14)32-10-9-31-19/h1-8,11-12H,9-10,13H2,(H,24,26). The lowest BCUT2D eigenvalue weighted by atomic mass is 10.1. The van der Waals surface area contributed by atoms with Crippen LogP contribution in [-0.4, -0.2) is 37.5 Å². The number of fused-ring (bicyclic) bond motifs is 3. The van der Waals surface area contributed by atoms with Gasteiger partial charge < -0.3 is 14.0 Å². The molecule has 0 fully saturated rings. The first-order valence-electron chi connectivity index (χ1n) is 10.1. The summed E-state index contributed by atoms with van der Waals surface area (Å²) in [4.78, 5) is 30.8. The minimum Gasteiger partial charge on any atom is -0.486 e. The molecule has 1 N–H and O–H groups in total. The number of aromatic nitrogens is 5. The maximum Gasteiger partial charge on any atom is 0.265 e. The molecule has 5 heterocycles. The summed E-state index contributed by atoms with van der Waals surface area (Å²) >= 11 is 0. The predicted octanol–water partition coefficient (Wildman–Crippen LogP) is 2.24. The minimum absolute atomic E-state index is 0.219. The Balaban J connectivity index is 1.46. The van der Waals surface area contributed by atoms with E-state index in [1.165, 1.54) is 4.57 Å². The number of ether oxygens (including phenoxy) is 2. The molecular weight excluding hydrogens is 410 g/mol. The van der Waals surface area contributed by atoms with E-state index in [1.54, 1.807) is 47.4 Å². The monoisotopic (exact) mass is 427 g/mol. The second kappa shape index (κ2) is 7.09. The van der Waals surface area contributed by atoms with Crippen LogP contribution in [0.25, 0.3) is 27.6 Å². The van der Waals surface area contributed by atoms with Crippen LogP contribution < -0.4 is 20.6 Å². The van der Waals surface area contributed by atoms with Crippen molar-refractivity contribution in [1.82, 2.24) is 24.3 Å². The number of rotatable bonds is 3. The van der Waals surface area contributed by atoms with Gasteiger partial charge in [-0.3, -0.25) is 19.3 Å². The average Bonchev–Trinajstić information content (AvgIpc) is 3.35. The lowest BCUT2D eigenvalue weighted by Gasteiger charge is -2.19. The van der Waals surface area contributed by atoms with Gasteiger partial charge >= 0.3 is 0 Å². The van der Waals surface area contributed by atoms with E-state index in [-0.39, 0.29) is 11.1 Å². The van der Waals surface area contributed by atoms with Gasteiger partial charge in [-0.25, -0.2) is 4.98 Å². The minimum atomic E-state index is -0.275. The lowest BCUT2D eigenvalue weighted by molar-refractivity contribution is 0.171. The highest BCUT2D eigenvalue weighted by molar-refractivity contribution is 5.91. The third kappa shape index (κ3) is 2.94. The van der Waals surface area contributed by atoms with Gasteiger partial charge in [-0.2, -0.15) is 5.10 Å². The van der Waals surface area contributed by atoms with E-state index in [0.717, 1.165) is 5.56 Å². The number of aromatic amines is 1. The van der Waals surface area contributed by atoms with Crippen molar-refractivity contribution >= 4 is 21.8 Å². The zero-order chi connectivity index (χ0) is 21.7. The van der Waals surface area contributed by atoms with E-state index >= 15 is 0 Å². The van der Waals surface area contributed by atoms with Crippen LogP contribution in [-0.2, 0) is 6.54 Å². The first kappa shape index (κ1) is 18.4. The van der Waals surface area contributed by atoms with Gasteiger partial charge in [-0.05, 0) is 35.9 Å². The Bertz CT molecular complexity index is 1600. The number of pyridine rings is 3. The highest BCUT2D eigenvalue weighted by Crippen LogP contribution is 2.31. The van der Waals surface area contributed by atoms with Gasteiger partial charge in [-0.15, -0.1) is 0 Å². The summed E-state index contributed by atoms with van der Waals surface area (Å²) in [6, 6.07) is 12.5. The van der Waals surface area contributed by atoms with Crippen LogP contribution in [0.2, 0.25) is 0 Å². The number of hydrogen-bond acceptors (Lipinski definition) is 6. The van der Waals surface area contributed by atoms with Crippen molar-refractivity contribution in [2.45, 2.75) is 6.54 Å². The fourth-order valence-electron chi connectivity index (χ4n) is 3.94. The Morgan fingerprint density at radius 2 is 1.66 bits per heavy atom. The molecule has 0 amide bonds. The first-order valence-corrected chi connectivity index (χ1v) is 10.1. The molecule has 1 aliphatic rings. The molecule has 9 heteroatoms. The lowest BCUT2D eigenvalue weighted by Crippen LogP contribution is -2.22. The van der Waals surface area contributed by atoms with Crippen molar-refractivity contribution in [3.8, 4) is 17.3 Å². The van der Waals surface area contributed by atoms with Crippen LogP contribution >= 0.6 is 0 Å². The average molecular weight is 427 g/mol. The fourth-order valence-corrected chi connectivity index (χ4v) is 3.94. The molecule has 0 saturated heterocycles. The van der Waals surface area contributed by atoms with Crippen LogP contribution in [0.3, 0.4) is 0 Å². The molecule has 0 atom stereocenters. The van der Waals surface area contributed by atoms with Crippen LogP contribution in [0.15, 0.2) is 70.6 Å². The topological polar surface area (TPSA) is 104 Å². The molecular formula is C23H17N5O4. The number of nitrogens with zero attached hydrogens (tertiary/aromatic N) is 4. The van der Waals surface area contributed by atoms with E-state index in [1.807, 2.05) is 18.2 Å². The molecule has 1 aliphatic heterocycles. The van der Waals surface area contributed by atoms with Crippen molar-refractivity contribution in [2.75, 3.05) is 13.2 Å². The molecule has 6 rings (SSSR count). The van der Waals surface area contributed by atoms with Gasteiger partial charge in [0.2, 0.25) is 0 Å². The van der Waals surface area contributed by atoms with Crippen LogP contribution in [0, 0.1) is 0 Å². The molecule has 158 valence electrons. The number of nitrogens with one attached hydrogen (secondary N) is 1. The van der Waals surface area contributed by atoms with Gasteiger partial charge in [0, 0.05) is 18.5 Å². The first-order chi connectivity index (χ1) is 15.7. The van der Waals surface area contributed by atoms with Gasteiger partial charge in [0.25, 0.3) is 11.1 Å². The molecule has 0 saturated carbocycles. The van der Waals surface area contributed by atoms with E-state index in [9.17, 15) is 9.59 Å². The fraction of sp³-hybridized carbons (Fsp3) is 0.130. The van der Waals surface area contributed by atoms with Crippen molar-refractivity contribution in [1.29, 1.82) is 0 Å². The van der Waals surface area contributed by atoms with Crippen LogP contribution in [0.5, 0.6) is 11.5 Å². The second-order valence-electron chi connectivity index (χ2n) is 7.51. The zero-order valence-corrected chi connectivity index (χ0v) is 16.8. The van der Waals surface area contributed by atoms with Gasteiger partial charge in [-0.1, -0.05) is 6.07 Å². The summed E-state index contributed by atoms with van der Waals surface area (Å²) in [5.74, 6) is 1.92. The van der Waals surface area contributed by atoms with Crippen LogP contribution in [0.4, 0.5) is 0 Å². The summed E-state index contributed by atoms with van der Waals surface area (Å²) in [5, 5.41) is 7.42. The Morgan fingerprint density at radius 1 is 0.875 bits per heavy atom. The molecule has 32 heavy (non-hydrogen) atoms. The summed E-state index contributed by atoms with van der Waals surface area (Å²) in [6.45, 7) is 1.39. The number of H-pyrrole nitrogens is 1. The summed E-state index contributed by atoms with van der Waals surface area (Å²) in [6.07, 6.45) is 4.92. The van der Waals surface area contributed by atoms with Crippen molar-refractivity contribution in [3.63, 3.8) is 0 Å². The maximum absolute atomic E-state index is 13.2. The molecule has 1 aromatic carbocycles. The highest BCUT2D eigenvalue weighted by Gasteiger charge is 2.14. The SMILES string of the molecule is O=c1c2cc3c(=O)n(-c4ccn[nH]4)ccc3nc2ccn1Cc1ccc2c(c1)OCCO2. The summed E-state index contributed by atoms with van der Waals surface area (Å²) < 4.78 is 14.2. The van der Waals surface area contributed by atoms with E-state index in [4.69, 9.17) is 9.47 Å². The maximum atomic E-state index is 13.2. The normalized spacial score (nSPS) is 13.0. The van der Waals surface area contributed by atoms with E-state index in [0.29, 0.717) is 58.9 Å². The Hall–Kier alpha value is -4.40. The van der Waals surface area contributed by atoms with Crippen LogP contribution in [0.1, 0.15) is 5.56 Å². The van der Waals surface area contributed by atoms with Crippen molar-refractivity contribution in [3.05, 3.63) is 87.3 Å². The summed E-state index contributed by atoms with van der Waals surface area (Å²) in [7, 11) is 0. The molecule has 0 bridgehead atoms. The smallest absolute Gasteiger partial charge is 0.265 e. The van der Waals surface area contributed by atoms with Gasteiger partial charge in [0.1, 0.15) is 19.0 Å². The third-order valence-electron chi connectivity index (χ3n) is 5.52. The van der Waals surface area contributed by atoms with E-state index in [2.05, 4.69) is 15.2 Å². The Kier molecular flexibility index (Phi) is 4.07. The zero-order valence-electron chi connectivity index (χ0n) is 16.8. The quantitative estimate of drug-likeness (QED) is 0.443. The molecule has 0 radical (unpaired) electrons. The largest absolute Gasteiger partial charge is 0.486 e. The van der Waals surface area contributed by atoms with Crippen molar-refractivity contribution in [2.24, 2.45) is 0 Å². The Morgan fingerprint density at radius 3 is 2.47 bits per heavy atom. The Labute approximate surface area is 180 Å². The van der Waals surface area contributed by atoms with Crippen molar-refractivity contribution < 1.29 is 9.47 Å². The predicted molar refractivity (Wildman–Crippen MR) is 118 cm³/mol. The molecule has 5 aromatic rings. The molecule has 0 unspecified atom stereocenters. The second-order valence-corrected chi connectivity index (χ2v) is 7.51. The molecule has 9 nitrogen and oxygen atoms in total. The third-order valence-corrected chi connectivity index (χ3v) is 5.52. The van der Waals surface area contributed by atoms with E-state index < -0.39 is 0 Å². The van der Waals surface area contributed by atoms with Gasteiger partial charge in [0.05, 0.1) is 34.5 Å².